The summed E-state index contributed by atoms with van der Waals surface area (Å²) in [6, 6.07) is -0.400. The van der Waals surface area contributed by atoms with Crippen molar-refractivity contribution in [3.63, 3.8) is 0 Å². The fourth-order valence-electron chi connectivity index (χ4n) is 5.85. The lowest BCUT2D eigenvalue weighted by molar-refractivity contribution is -0.132. The highest BCUT2D eigenvalue weighted by atomic mass is 16.5. The molecule has 280 valence electrons. The maximum absolute atomic E-state index is 13.7. The van der Waals surface area contributed by atoms with Crippen LogP contribution in [0, 0.1) is 31.6 Å². The Bertz CT molecular complexity index is 1180. The van der Waals surface area contributed by atoms with Gasteiger partial charge < -0.3 is 35.8 Å². The average Bonchev–Trinajstić information content (AvgIpc) is 3.33. The second-order valence-electron chi connectivity index (χ2n) is 14.5. The first kappa shape index (κ1) is 41.9. The molecule has 0 unspecified atom stereocenters. The van der Waals surface area contributed by atoms with Gasteiger partial charge in [-0.25, -0.2) is 4.79 Å². The van der Waals surface area contributed by atoms with Crippen LogP contribution in [-0.4, -0.2) is 113 Å². The summed E-state index contributed by atoms with van der Waals surface area (Å²) in [7, 11) is 0. The SMILES string of the molecule is Cc1cc(C)n(CCOC(=O)N[C@@H](CCN2CCOCC2)C(=O)N[C@@H](CC(C)C)[C@@H](O)C[C@@H](C)C(=O)N[C@@H](CC(C)C)C(=O)NC(C)C)n1. The number of alkyl carbamates (subject to hydrolysis) is 1. The molecule has 0 aliphatic carbocycles. The minimum atomic E-state index is -1.05. The zero-order chi connectivity index (χ0) is 36.7. The molecule has 14 heteroatoms. The van der Waals surface area contributed by atoms with E-state index in [0.717, 1.165) is 24.5 Å². The molecule has 0 aromatic carbocycles. The van der Waals surface area contributed by atoms with Gasteiger partial charge in [-0.2, -0.15) is 5.10 Å². The van der Waals surface area contributed by atoms with Crippen molar-refractivity contribution in [1.82, 2.24) is 35.9 Å². The third-order valence-electron chi connectivity index (χ3n) is 8.42. The van der Waals surface area contributed by atoms with Gasteiger partial charge in [0.25, 0.3) is 0 Å². The highest BCUT2D eigenvalue weighted by Crippen LogP contribution is 2.17. The predicted molar refractivity (Wildman–Crippen MR) is 188 cm³/mol. The van der Waals surface area contributed by atoms with Crippen molar-refractivity contribution in [2.24, 2.45) is 17.8 Å². The summed E-state index contributed by atoms with van der Waals surface area (Å²) in [6.45, 7) is 20.9. The molecule has 2 rings (SSSR count). The van der Waals surface area contributed by atoms with Gasteiger partial charge >= 0.3 is 6.09 Å². The van der Waals surface area contributed by atoms with Crippen molar-refractivity contribution in [3.8, 4) is 0 Å². The number of morpholine rings is 1. The maximum Gasteiger partial charge on any atom is 0.407 e. The Morgan fingerprint density at radius 3 is 2.04 bits per heavy atom. The number of aromatic nitrogens is 2. The lowest BCUT2D eigenvalue weighted by Gasteiger charge is -2.31. The van der Waals surface area contributed by atoms with E-state index >= 15 is 0 Å². The van der Waals surface area contributed by atoms with Gasteiger partial charge in [0, 0.05) is 37.3 Å². The molecular formula is C35H63N7O7. The highest BCUT2D eigenvalue weighted by molar-refractivity contribution is 5.88. The number of nitrogens with one attached hydrogen (secondary N) is 4. The molecule has 0 bridgehead atoms. The number of amides is 4. The van der Waals surface area contributed by atoms with Gasteiger partial charge in [0.1, 0.15) is 18.7 Å². The molecule has 1 aliphatic heterocycles. The maximum atomic E-state index is 13.7. The molecule has 1 aromatic heterocycles. The summed E-state index contributed by atoms with van der Waals surface area (Å²) in [4.78, 5) is 54.8. The van der Waals surface area contributed by atoms with Crippen LogP contribution in [0.1, 0.15) is 85.5 Å². The van der Waals surface area contributed by atoms with Crippen molar-refractivity contribution in [3.05, 3.63) is 17.5 Å². The molecular weight excluding hydrogens is 630 g/mol. The average molecular weight is 694 g/mol. The van der Waals surface area contributed by atoms with Crippen molar-refractivity contribution in [2.75, 3.05) is 39.5 Å². The standard InChI is InChI=1S/C35H63N7O7/c1-22(2)18-29(31(43)20-25(7)32(44)38-30(19-23(3)4)34(46)36-24(5)6)37-33(45)28(10-11-41-12-15-48-16-13-41)39-35(47)49-17-14-42-27(9)21-26(8)40-42/h21-25,28-31,43H,10-20H2,1-9H3,(H,36,46)(H,37,45)(H,38,44)(H,39,47)/t25-,28+,29+,30+,31+/m1/s1. The predicted octanol–water partition coefficient (Wildman–Crippen LogP) is 2.29. The zero-order valence-corrected chi connectivity index (χ0v) is 31.2. The van der Waals surface area contributed by atoms with Crippen molar-refractivity contribution in [1.29, 1.82) is 0 Å². The first-order valence-corrected chi connectivity index (χ1v) is 17.9. The number of carbonyl (C=O) groups excluding carboxylic acids is 4. The van der Waals surface area contributed by atoms with Gasteiger partial charge in [-0.3, -0.25) is 24.0 Å². The number of aliphatic hydroxyl groups is 1. The Morgan fingerprint density at radius 2 is 1.47 bits per heavy atom. The summed E-state index contributed by atoms with van der Waals surface area (Å²) >= 11 is 0. The van der Waals surface area contributed by atoms with E-state index in [0.29, 0.717) is 45.6 Å². The number of aryl methyl sites for hydroxylation is 2. The quantitative estimate of drug-likeness (QED) is 0.137. The van der Waals surface area contributed by atoms with Crippen molar-refractivity contribution in [2.45, 2.75) is 125 Å². The van der Waals surface area contributed by atoms with Crippen LogP contribution in [0.25, 0.3) is 0 Å². The molecule has 4 amide bonds. The van der Waals surface area contributed by atoms with Gasteiger partial charge in [-0.1, -0.05) is 34.6 Å². The van der Waals surface area contributed by atoms with Crippen LogP contribution in [0.4, 0.5) is 4.79 Å². The van der Waals surface area contributed by atoms with E-state index in [1.807, 2.05) is 61.5 Å². The Kier molecular flexibility index (Phi) is 18.1. The summed E-state index contributed by atoms with van der Waals surface area (Å²) in [6.07, 6.45) is -0.422. The van der Waals surface area contributed by atoms with Crippen LogP contribution in [0.5, 0.6) is 0 Å². The molecule has 1 aromatic rings. The molecule has 1 saturated heterocycles. The monoisotopic (exact) mass is 693 g/mol. The van der Waals surface area contributed by atoms with Crippen LogP contribution >= 0.6 is 0 Å². The smallest absolute Gasteiger partial charge is 0.407 e. The Balaban J connectivity index is 2.09. The molecule has 1 fully saturated rings. The van der Waals surface area contributed by atoms with Gasteiger partial charge in [0.05, 0.1) is 37.6 Å². The Hall–Kier alpha value is -3.23. The van der Waals surface area contributed by atoms with Crippen LogP contribution in [0.15, 0.2) is 6.07 Å². The topological polar surface area (TPSA) is 176 Å². The summed E-state index contributed by atoms with van der Waals surface area (Å²) in [5.74, 6) is -1.34. The lowest BCUT2D eigenvalue weighted by atomic mass is 9.91. The number of carbonyl (C=O) groups is 4. The summed E-state index contributed by atoms with van der Waals surface area (Å²) in [5.41, 5.74) is 1.83. The summed E-state index contributed by atoms with van der Waals surface area (Å²) in [5, 5.41) is 27.2. The number of ether oxygens (including phenoxy) is 2. The number of rotatable bonds is 20. The summed E-state index contributed by atoms with van der Waals surface area (Å²) < 4.78 is 12.6. The highest BCUT2D eigenvalue weighted by Gasteiger charge is 2.32. The molecule has 0 saturated carbocycles. The molecule has 0 radical (unpaired) electrons. The largest absolute Gasteiger partial charge is 0.448 e. The Labute approximate surface area is 292 Å². The van der Waals surface area contributed by atoms with Gasteiger partial charge in [-0.05, 0) is 71.3 Å². The second kappa shape index (κ2) is 21.1. The lowest BCUT2D eigenvalue weighted by Crippen LogP contribution is -2.54. The molecule has 0 spiro atoms. The molecule has 49 heavy (non-hydrogen) atoms. The second-order valence-corrected chi connectivity index (χ2v) is 14.5. The van der Waals surface area contributed by atoms with Crippen molar-refractivity contribution >= 4 is 23.8 Å². The van der Waals surface area contributed by atoms with E-state index in [-0.39, 0.29) is 42.7 Å². The zero-order valence-electron chi connectivity index (χ0n) is 31.2. The molecule has 2 heterocycles. The minimum absolute atomic E-state index is 0.0663. The Morgan fingerprint density at radius 1 is 0.837 bits per heavy atom. The fraction of sp³-hybridized carbons (Fsp3) is 0.800. The van der Waals surface area contributed by atoms with Gasteiger partial charge in [0.15, 0.2) is 0 Å². The molecule has 14 nitrogen and oxygen atoms in total. The van der Waals surface area contributed by atoms with E-state index in [2.05, 4.69) is 31.3 Å². The van der Waals surface area contributed by atoms with Gasteiger partial charge in [-0.15, -0.1) is 0 Å². The van der Waals surface area contributed by atoms with Crippen LogP contribution in [0.2, 0.25) is 0 Å². The van der Waals surface area contributed by atoms with Crippen LogP contribution in [0.3, 0.4) is 0 Å². The molecule has 1 aliphatic rings. The molecule has 5 N–H and O–H groups in total. The van der Waals surface area contributed by atoms with Gasteiger partial charge in [0.2, 0.25) is 17.7 Å². The van der Waals surface area contributed by atoms with Crippen LogP contribution < -0.4 is 21.3 Å². The fourth-order valence-corrected chi connectivity index (χ4v) is 5.85. The molecule has 5 atom stereocenters. The third-order valence-corrected chi connectivity index (χ3v) is 8.42. The number of aliphatic hydroxyl groups excluding tert-OH is 1. The number of hydrogen-bond acceptors (Lipinski definition) is 9. The number of hydrogen-bond donors (Lipinski definition) is 5. The van der Waals surface area contributed by atoms with E-state index < -0.39 is 42.1 Å². The van der Waals surface area contributed by atoms with Crippen LogP contribution in [-0.2, 0) is 30.4 Å². The third kappa shape index (κ3) is 15.9. The van der Waals surface area contributed by atoms with Crippen molar-refractivity contribution < 1.29 is 33.8 Å². The normalized spacial score (nSPS) is 16.9. The van der Waals surface area contributed by atoms with E-state index in [1.54, 1.807) is 11.6 Å². The number of nitrogens with zero attached hydrogens (tertiary/aromatic N) is 3. The van der Waals surface area contributed by atoms with E-state index in [1.165, 1.54) is 0 Å². The minimum Gasteiger partial charge on any atom is -0.448 e. The van der Waals surface area contributed by atoms with E-state index in [4.69, 9.17) is 9.47 Å². The first-order chi connectivity index (χ1) is 23.0. The van der Waals surface area contributed by atoms with E-state index in [9.17, 15) is 24.3 Å². The first-order valence-electron chi connectivity index (χ1n) is 17.9.